The number of benzene rings is 3. The van der Waals surface area contributed by atoms with Crippen LogP contribution in [0.2, 0.25) is 0 Å². The fraction of sp³-hybridized carbons (Fsp3) is 0.208. The highest BCUT2D eigenvalue weighted by Crippen LogP contribution is 2.28. The maximum absolute atomic E-state index is 5.64. The van der Waals surface area contributed by atoms with Crippen LogP contribution in [-0.4, -0.2) is 18.9 Å². The molecule has 0 fully saturated rings. The third kappa shape index (κ3) is 4.37. The Kier molecular flexibility index (Phi) is 5.49. The van der Waals surface area contributed by atoms with Gasteiger partial charge in [-0.05, 0) is 48.1 Å². The van der Waals surface area contributed by atoms with Gasteiger partial charge in [0.15, 0.2) is 6.61 Å². The van der Waals surface area contributed by atoms with Gasteiger partial charge in [-0.2, -0.15) is 0 Å². The van der Waals surface area contributed by atoms with Crippen LogP contribution in [0.25, 0.3) is 11.1 Å². The van der Waals surface area contributed by atoms with E-state index in [2.05, 4.69) is 47.6 Å². The minimum atomic E-state index is 0.440. The molecule has 3 nitrogen and oxygen atoms in total. The monoisotopic (exact) mass is 357 g/mol. The Morgan fingerprint density at radius 2 is 1.52 bits per heavy atom. The van der Waals surface area contributed by atoms with Crippen LogP contribution in [0, 0.1) is 0 Å². The molecule has 136 valence electrons. The Labute approximate surface area is 160 Å². The van der Waals surface area contributed by atoms with Crippen LogP contribution in [0.1, 0.15) is 24.0 Å². The lowest BCUT2D eigenvalue weighted by Crippen LogP contribution is -2.13. The lowest BCUT2D eigenvalue weighted by atomic mass is 9.88. The van der Waals surface area contributed by atoms with E-state index in [9.17, 15) is 0 Å². The first-order chi connectivity index (χ1) is 13.4. The van der Waals surface area contributed by atoms with Crippen LogP contribution < -0.4 is 4.74 Å². The van der Waals surface area contributed by atoms with Gasteiger partial charge in [0.1, 0.15) is 12.4 Å². The van der Waals surface area contributed by atoms with Crippen molar-refractivity contribution in [2.24, 2.45) is 5.16 Å². The van der Waals surface area contributed by atoms with Crippen LogP contribution in [0.15, 0.2) is 84.0 Å². The van der Waals surface area contributed by atoms with E-state index in [0.717, 1.165) is 30.7 Å². The number of nitrogens with zero attached hydrogens (tertiary/aromatic N) is 1. The topological polar surface area (TPSA) is 30.8 Å². The summed E-state index contributed by atoms with van der Waals surface area (Å²) >= 11 is 0. The van der Waals surface area contributed by atoms with Crippen molar-refractivity contribution < 1.29 is 9.57 Å². The van der Waals surface area contributed by atoms with Gasteiger partial charge in [0.25, 0.3) is 0 Å². The molecular formula is C24H23NO2. The molecule has 0 spiro atoms. The molecule has 0 heterocycles. The summed E-state index contributed by atoms with van der Waals surface area (Å²) in [7, 11) is 0. The number of oxime groups is 1. The van der Waals surface area contributed by atoms with E-state index in [1.807, 2.05) is 36.4 Å². The standard InChI is InChI=1S/C24H23NO2/c1-3-8-19(9-4-1)20-14-15-23-21(18-20)10-7-13-24(23)25-27-17-16-26-22-11-5-2-6-12-22/h1-6,8-9,11-12,14-15,18H,7,10,13,16-17H2. The quantitative estimate of drug-likeness (QED) is 0.431. The van der Waals surface area contributed by atoms with Crippen molar-refractivity contribution in [2.45, 2.75) is 19.3 Å². The van der Waals surface area contributed by atoms with Crippen LogP contribution in [0.5, 0.6) is 5.75 Å². The zero-order chi connectivity index (χ0) is 18.3. The predicted octanol–water partition coefficient (Wildman–Crippen LogP) is 5.49. The molecule has 0 radical (unpaired) electrons. The molecule has 0 aliphatic heterocycles. The highest BCUT2D eigenvalue weighted by atomic mass is 16.6. The van der Waals surface area contributed by atoms with Gasteiger partial charge < -0.3 is 9.57 Å². The van der Waals surface area contributed by atoms with Crippen LogP contribution in [-0.2, 0) is 11.3 Å². The second-order valence-electron chi connectivity index (χ2n) is 6.62. The molecular weight excluding hydrogens is 334 g/mol. The highest BCUT2D eigenvalue weighted by Gasteiger charge is 2.16. The van der Waals surface area contributed by atoms with Gasteiger partial charge in [-0.1, -0.05) is 71.9 Å². The summed E-state index contributed by atoms with van der Waals surface area (Å²) in [6.07, 6.45) is 3.15. The molecule has 3 aromatic carbocycles. The van der Waals surface area contributed by atoms with Crippen molar-refractivity contribution in [3.8, 4) is 16.9 Å². The van der Waals surface area contributed by atoms with Crippen molar-refractivity contribution in [3.63, 3.8) is 0 Å². The van der Waals surface area contributed by atoms with Gasteiger partial charge in [0.2, 0.25) is 0 Å². The summed E-state index contributed by atoms with van der Waals surface area (Å²) < 4.78 is 5.64. The maximum Gasteiger partial charge on any atom is 0.151 e. The van der Waals surface area contributed by atoms with Gasteiger partial charge in [0.05, 0.1) is 5.71 Å². The summed E-state index contributed by atoms with van der Waals surface area (Å²) in [4.78, 5) is 5.53. The van der Waals surface area contributed by atoms with Gasteiger partial charge in [-0.15, -0.1) is 0 Å². The number of para-hydroxylation sites is 1. The number of rotatable bonds is 6. The van der Waals surface area contributed by atoms with Gasteiger partial charge in [0, 0.05) is 5.56 Å². The first-order valence-electron chi connectivity index (χ1n) is 9.45. The number of hydrogen-bond donors (Lipinski definition) is 0. The number of aryl methyl sites for hydroxylation is 1. The molecule has 0 N–H and O–H groups in total. The fourth-order valence-electron chi connectivity index (χ4n) is 3.41. The first-order valence-corrected chi connectivity index (χ1v) is 9.45. The van der Waals surface area contributed by atoms with E-state index in [0.29, 0.717) is 13.2 Å². The Balaban J connectivity index is 1.40. The number of fused-ring (bicyclic) bond motifs is 1. The van der Waals surface area contributed by atoms with E-state index < -0.39 is 0 Å². The van der Waals surface area contributed by atoms with Crippen LogP contribution in [0.4, 0.5) is 0 Å². The normalized spacial score (nSPS) is 14.6. The molecule has 4 rings (SSSR count). The van der Waals surface area contributed by atoms with Crippen molar-refractivity contribution in [1.82, 2.24) is 0 Å². The minimum absolute atomic E-state index is 0.440. The van der Waals surface area contributed by atoms with E-state index in [-0.39, 0.29) is 0 Å². The Hall–Kier alpha value is -3.07. The summed E-state index contributed by atoms with van der Waals surface area (Å²) in [6.45, 7) is 0.927. The summed E-state index contributed by atoms with van der Waals surface area (Å²) in [5.41, 5.74) is 6.11. The smallest absolute Gasteiger partial charge is 0.151 e. The summed E-state index contributed by atoms with van der Waals surface area (Å²) in [5.74, 6) is 0.852. The van der Waals surface area contributed by atoms with E-state index in [1.54, 1.807) is 0 Å². The SMILES string of the molecule is c1ccc(OCCON=C2CCCc3cc(-c4ccccc4)ccc32)cc1. The van der Waals surface area contributed by atoms with Gasteiger partial charge >= 0.3 is 0 Å². The Morgan fingerprint density at radius 3 is 2.33 bits per heavy atom. The molecule has 3 heteroatoms. The molecule has 0 saturated heterocycles. The fourth-order valence-corrected chi connectivity index (χ4v) is 3.41. The van der Waals surface area contributed by atoms with Crippen molar-refractivity contribution in [1.29, 1.82) is 0 Å². The largest absolute Gasteiger partial charge is 0.490 e. The molecule has 27 heavy (non-hydrogen) atoms. The van der Waals surface area contributed by atoms with Crippen LogP contribution in [0.3, 0.4) is 0 Å². The highest BCUT2D eigenvalue weighted by molar-refractivity contribution is 6.02. The van der Waals surface area contributed by atoms with Gasteiger partial charge in [-0.25, -0.2) is 0 Å². The molecule has 1 aliphatic carbocycles. The molecule has 0 atom stereocenters. The van der Waals surface area contributed by atoms with E-state index in [4.69, 9.17) is 9.57 Å². The first kappa shape index (κ1) is 17.3. The molecule has 0 saturated carbocycles. The average molecular weight is 357 g/mol. The second kappa shape index (κ2) is 8.54. The Bertz CT molecular complexity index is 904. The van der Waals surface area contributed by atoms with Crippen molar-refractivity contribution >= 4 is 5.71 Å². The molecule has 0 unspecified atom stereocenters. The predicted molar refractivity (Wildman–Crippen MR) is 109 cm³/mol. The third-order valence-corrected chi connectivity index (χ3v) is 4.74. The minimum Gasteiger partial charge on any atom is -0.490 e. The molecule has 1 aliphatic rings. The Morgan fingerprint density at radius 1 is 0.741 bits per heavy atom. The zero-order valence-electron chi connectivity index (χ0n) is 15.3. The average Bonchev–Trinajstić information content (AvgIpc) is 2.74. The molecule has 0 bridgehead atoms. The zero-order valence-corrected chi connectivity index (χ0v) is 15.3. The molecule has 0 amide bonds. The summed E-state index contributed by atoms with van der Waals surface area (Å²) in [6, 6.07) is 26.9. The molecule has 3 aromatic rings. The summed E-state index contributed by atoms with van der Waals surface area (Å²) in [5, 5.41) is 4.39. The van der Waals surface area contributed by atoms with Crippen molar-refractivity contribution in [2.75, 3.05) is 13.2 Å². The number of hydrogen-bond acceptors (Lipinski definition) is 3. The number of ether oxygens (including phenoxy) is 1. The van der Waals surface area contributed by atoms with Gasteiger partial charge in [-0.3, -0.25) is 0 Å². The third-order valence-electron chi connectivity index (χ3n) is 4.74. The van der Waals surface area contributed by atoms with E-state index in [1.165, 1.54) is 22.3 Å². The van der Waals surface area contributed by atoms with Crippen LogP contribution >= 0.6 is 0 Å². The van der Waals surface area contributed by atoms with Crippen molar-refractivity contribution in [3.05, 3.63) is 90.0 Å². The lowest BCUT2D eigenvalue weighted by molar-refractivity contribution is 0.106. The maximum atomic E-state index is 5.64. The molecule has 0 aromatic heterocycles. The lowest BCUT2D eigenvalue weighted by Gasteiger charge is -2.18. The second-order valence-corrected chi connectivity index (χ2v) is 6.62. The van der Waals surface area contributed by atoms with E-state index >= 15 is 0 Å².